The molecule has 8 radical (unpaired) electrons. The van der Waals surface area contributed by atoms with E-state index in [2.05, 4.69) is 41.5 Å². The molecule has 0 bridgehead atoms. The van der Waals surface area contributed by atoms with Gasteiger partial charge in [-0.1, -0.05) is 116 Å². The number of unbranched alkanes of at least 4 members (excludes halogenated alkanes) is 3. The summed E-state index contributed by atoms with van der Waals surface area (Å²) in [6.07, 6.45) is 2.33. The molecule has 0 atom stereocenters. The molecule has 1 aromatic rings. The fraction of sp³-hybridized carbons (Fsp3) is 0.435. The Morgan fingerprint density at radius 2 is 1.22 bits per heavy atom. The molecule has 0 unspecified atom stereocenters. The summed E-state index contributed by atoms with van der Waals surface area (Å²) in [5, 5.41) is 0. The Hall–Kier alpha value is -0.891. The molecule has 0 spiro atoms. The summed E-state index contributed by atoms with van der Waals surface area (Å²) < 4.78 is 35.1. The van der Waals surface area contributed by atoms with Crippen LogP contribution in [0.2, 0.25) is 0 Å². The minimum atomic E-state index is -4.50. The molecule has 0 amide bonds. The zero-order valence-electron chi connectivity index (χ0n) is 17.0. The first-order valence-electron chi connectivity index (χ1n) is 8.89. The molecule has 0 aromatic heterocycles. The number of allylic oxidation sites excluding steroid dienone is 1. The SMILES string of the molecule is [CH2]CCC.[CH2]CCC.[CH2]CCC.[CH]=C(C#CC(F)(F)F)c1ccccc1.[Sn]. The molecule has 0 saturated carbocycles. The van der Waals surface area contributed by atoms with Crippen molar-refractivity contribution in [1.29, 1.82) is 0 Å². The molecular formula is C23H33F3Sn. The summed E-state index contributed by atoms with van der Waals surface area (Å²) in [7, 11) is 0. The van der Waals surface area contributed by atoms with Crippen molar-refractivity contribution in [3.63, 3.8) is 0 Å². The van der Waals surface area contributed by atoms with Crippen LogP contribution in [0.25, 0.3) is 5.57 Å². The van der Waals surface area contributed by atoms with Crippen LogP contribution in [-0.2, 0) is 0 Å². The Kier molecular flexibility index (Phi) is 31.3. The van der Waals surface area contributed by atoms with E-state index < -0.39 is 6.18 Å². The predicted molar refractivity (Wildman–Crippen MR) is 115 cm³/mol. The standard InChI is InChI=1S/C11H6F3.3C4H9.Sn/c1-9(7-8-11(12,13)14)10-5-3-2-4-6-10;3*1-3-4-2;/h1-6H;3*1,3-4H2,2H3;. The second-order valence-electron chi connectivity index (χ2n) is 5.09. The van der Waals surface area contributed by atoms with Crippen molar-refractivity contribution in [3.8, 4) is 11.8 Å². The van der Waals surface area contributed by atoms with Gasteiger partial charge >= 0.3 is 6.18 Å². The van der Waals surface area contributed by atoms with Gasteiger partial charge in [-0.3, -0.25) is 0 Å². The van der Waals surface area contributed by atoms with Gasteiger partial charge in [-0.25, -0.2) is 0 Å². The van der Waals surface area contributed by atoms with Crippen molar-refractivity contribution in [2.45, 2.75) is 65.5 Å². The molecule has 4 heteroatoms. The van der Waals surface area contributed by atoms with E-state index in [-0.39, 0.29) is 29.5 Å². The minimum Gasteiger partial charge on any atom is -0.159 e. The van der Waals surface area contributed by atoms with E-state index in [0.717, 1.165) is 25.2 Å². The Labute approximate surface area is 183 Å². The van der Waals surface area contributed by atoms with Crippen molar-refractivity contribution >= 4 is 29.5 Å². The summed E-state index contributed by atoms with van der Waals surface area (Å²) >= 11 is 0. The maximum atomic E-state index is 11.7. The average molecular weight is 485 g/mol. The van der Waals surface area contributed by atoms with E-state index in [1.54, 1.807) is 30.3 Å². The first-order valence-corrected chi connectivity index (χ1v) is 8.89. The zero-order valence-corrected chi connectivity index (χ0v) is 19.8. The summed E-state index contributed by atoms with van der Waals surface area (Å²) in [5.41, 5.74) is 0.409. The fourth-order valence-electron chi connectivity index (χ4n) is 0.828. The van der Waals surface area contributed by atoms with E-state index >= 15 is 0 Å². The quantitative estimate of drug-likeness (QED) is 0.305. The van der Waals surface area contributed by atoms with Crippen LogP contribution in [0.5, 0.6) is 0 Å². The van der Waals surface area contributed by atoms with Crippen LogP contribution in [0, 0.1) is 39.2 Å². The van der Waals surface area contributed by atoms with Gasteiger partial charge in [-0.15, -0.1) is 0 Å². The molecule has 0 aliphatic rings. The Bertz CT molecular complexity index is 452. The van der Waals surface area contributed by atoms with E-state index in [0.29, 0.717) is 5.56 Å². The second kappa shape index (κ2) is 25.1. The van der Waals surface area contributed by atoms with Crippen molar-refractivity contribution in [1.82, 2.24) is 0 Å². The third-order valence-corrected chi connectivity index (χ3v) is 2.48. The van der Waals surface area contributed by atoms with Gasteiger partial charge in [0.2, 0.25) is 0 Å². The first-order chi connectivity index (χ1) is 12.2. The van der Waals surface area contributed by atoms with Gasteiger partial charge in [0.1, 0.15) is 0 Å². The third-order valence-electron chi connectivity index (χ3n) is 2.48. The van der Waals surface area contributed by atoms with Crippen LogP contribution in [0.3, 0.4) is 0 Å². The van der Waals surface area contributed by atoms with Gasteiger partial charge in [-0.05, 0) is 12.1 Å². The fourth-order valence-corrected chi connectivity index (χ4v) is 0.828. The summed E-state index contributed by atoms with van der Waals surface area (Å²) in [5.74, 6) is 2.97. The number of benzene rings is 1. The molecule has 0 N–H and O–H groups in total. The second-order valence-corrected chi connectivity index (χ2v) is 5.09. The van der Waals surface area contributed by atoms with Crippen molar-refractivity contribution in [2.24, 2.45) is 0 Å². The van der Waals surface area contributed by atoms with E-state index in [9.17, 15) is 13.2 Å². The van der Waals surface area contributed by atoms with Gasteiger partial charge in [0.25, 0.3) is 0 Å². The van der Waals surface area contributed by atoms with Gasteiger partial charge in [0, 0.05) is 35.4 Å². The van der Waals surface area contributed by atoms with Gasteiger partial charge < -0.3 is 0 Å². The molecule has 27 heavy (non-hydrogen) atoms. The molecule has 1 aromatic carbocycles. The van der Waals surface area contributed by atoms with Crippen LogP contribution >= 0.6 is 0 Å². The Morgan fingerprint density at radius 3 is 1.48 bits per heavy atom. The topological polar surface area (TPSA) is 0 Å². The van der Waals surface area contributed by atoms with Crippen LogP contribution in [-0.4, -0.2) is 30.1 Å². The van der Waals surface area contributed by atoms with Crippen LogP contribution in [0.1, 0.15) is 64.9 Å². The smallest absolute Gasteiger partial charge is 0.159 e. The Morgan fingerprint density at radius 1 is 0.889 bits per heavy atom. The summed E-state index contributed by atoms with van der Waals surface area (Å²) in [6, 6.07) is 8.30. The number of hydrogen-bond acceptors (Lipinski definition) is 0. The largest absolute Gasteiger partial charge is 0.458 e. The molecular weight excluding hydrogens is 452 g/mol. The molecule has 1 rings (SSSR count). The van der Waals surface area contributed by atoms with Gasteiger partial charge in [0.05, 0.1) is 0 Å². The number of rotatable bonds is 4. The first kappa shape index (κ1) is 33.7. The molecule has 0 aliphatic heterocycles. The molecule has 0 aliphatic carbocycles. The van der Waals surface area contributed by atoms with Crippen LogP contribution in [0.4, 0.5) is 13.2 Å². The normalized spacial score (nSPS) is 8.63. The molecule has 0 saturated heterocycles. The third kappa shape index (κ3) is 33.2. The maximum Gasteiger partial charge on any atom is 0.458 e. The van der Waals surface area contributed by atoms with Gasteiger partial charge in [0.15, 0.2) is 0 Å². The van der Waals surface area contributed by atoms with E-state index in [4.69, 9.17) is 6.58 Å². The van der Waals surface area contributed by atoms with E-state index in [1.807, 2.05) is 5.92 Å². The molecule has 0 nitrogen and oxygen atoms in total. The minimum absolute atomic E-state index is 0. The number of halogens is 3. The van der Waals surface area contributed by atoms with E-state index in [1.165, 1.54) is 19.3 Å². The van der Waals surface area contributed by atoms with Gasteiger partial charge in [-0.2, -0.15) is 13.2 Å². The number of hydrogen-bond donors (Lipinski definition) is 0. The van der Waals surface area contributed by atoms with Crippen molar-refractivity contribution in [3.05, 3.63) is 63.2 Å². The average Bonchev–Trinajstić information content (AvgIpc) is 2.66. The number of alkyl halides is 3. The Balaban J connectivity index is -0.000000169. The molecule has 150 valence electrons. The molecule has 0 fully saturated rings. The summed E-state index contributed by atoms with van der Waals surface area (Å²) in [4.78, 5) is 0. The maximum absolute atomic E-state index is 11.7. The zero-order chi connectivity index (χ0) is 20.8. The van der Waals surface area contributed by atoms with Crippen molar-refractivity contribution < 1.29 is 13.2 Å². The van der Waals surface area contributed by atoms with Crippen molar-refractivity contribution in [2.75, 3.05) is 0 Å². The van der Waals surface area contributed by atoms with Crippen LogP contribution < -0.4 is 0 Å². The predicted octanol–water partition coefficient (Wildman–Crippen LogP) is 7.55. The molecule has 0 heterocycles. The summed E-state index contributed by atoms with van der Waals surface area (Å²) in [6.45, 7) is 22.5. The van der Waals surface area contributed by atoms with Crippen LogP contribution in [0.15, 0.2) is 30.3 Å². The monoisotopic (exact) mass is 486 g/mol.